The van der Waals surface area contributed by atoms with Gasteiger partial charge < -0.3 is 20.4 Å². The van der Waals surface area contributed by atoms with Crippen LogP contribution in [0, 0.1) is 12.7 Å². The Kier molecular flexibility index (Phi) is 5.69. The zero-order chi connectivity index (χ0) is 20.9. The molecule has 4 rings (SSSR count). The van der Waals surface area contributed by atoms with Crippen molar-refractivity contribution in [3.8, 4) is 0 Å². The Labute approximate surface area is 173 Å². The second-order valence-corrected chi connectivity index (χ2v) is 6.96. The van der Waals surface area contributed by atoms with Crippen molar-refractivity contribution in [2.75, 3.05) is 41.7 Å². The number of nitrogens with zero attached hydrogens (tertiary/aromatic N) is 5. The van der Waals surface area contributed by atoms with Crippen LogP contribution in [0.5, 0.6) is 0 Å². The lowest BCUT2D eigenvalue weighted by Gasteiger charge is -2.35. The van der Waals surface area contributed by atoms with Gasteiger partial charge in [-0.2, -0.15) is 0 Å². The van der Waals surface area contributed by atoms with E-state index in [1.165, 1.54) is 6.07 Å². The van der Waals surface area contributed by atoms with E-state index in [-0.39, 0.29) is 11.8 Å². The Balaban J connectivity index is 1.32. The van der Waals surface area contributed by atoms with E-state index in [2.05, 4.69) is 30.7 Å². The third-order valence-electron chi connectivity index (χ3n) is 4.98. The minimum absolute atomic E-state index is 0.231. The number of nitrogens with one attached hydrogen (secondary N) is 2. The topological polar surface area (TPSA) is 86.3 Å². The third kappa shape index (κ3) is 4.45. The quantitative estimate of drug-likeness (QED) is 0.689. The van der Waals surface area contributed by atoms with E-state index in [0.717, 1.165) is 11.5 Å². The van der Waals surface area contributed by atoms with Gasteiger partial charge in [0.2, 0.25) is 0 Å². The number of benzene rings is 1. The van der Waals surface area contributed by atoms with Gasteiger partial charge in [-0.1, -0.05) is 6.07 Å². The number of anilines is 4. The first kappa shape index (κ1) is 19.6. The summed E-state index contributed by atoms with van der Waals surface area (Å²) in [5.41, 5.74) is 1.76. The molecule has 0 saturated carbocycles. The van der Waals surface area contributed by atoms with Gasteiger partial charge in [-0.3, -0.25) is 4.98 Å². The fourth-order valence-corrected chi connectivity index (χ4v) is 3.22. The van der Waals surface area contributed by atoms with Crippen LogP contribution in [0.1, 0.15) is 5.56 Å². The number of urea groups is 1. The van der Waals surface area contributed by atoms with Crippen molar-refractivity contribution in [3.63, 3.8) is 0 Å². The van der Waals surface area contributed by atoms with Gasteiger partial charge in [0.25, 0.3) is 0 Å². The number of rotatable bonds is 4. The molecule has 1 fully saturated rings. The Morgan fingerprint density at radius 2 is 1.87 bits per heavy atom. The van der Waals surface area contributed by atoms with E-state index in [1.807, 2.05) is 24.3 Å². The van der Waals surface area contributed by atoms with E-state index in [4.69, 9.17) is 0 Å². The molecule has 1 aromatic carbocycles. The molecular weight excluding hydrogens is 385 g/mol. The molecule has 0 bridgehead atoms. The summed E-state index contributed by atoms with van der Waals surface area (Å²) in [5.74, 6) is 1.06. The van der Waals surface area contributed by atoms with Crippen molar-refractivity contribution < 1.29 is 9.18 Å². The Bertz CT molecular complexity index is 1010. The van der Waals surface area contributed by atoms with Gasteiger partial charge in [0.15, 0.2) is 11.6 Å². The van der Waals surface area contributed by atoms with Gasteiger partial charge in [0.1, 0.15) is 5.82 Å². The molecule has 0 atom stereocenters. The van der Waals surface area contributed by atoms with Crippen molar-refractivity contribution in [2.24, 2.45) is 0 Å². The number of halogens is 1. The number of piperazine rings is 1. The monoisotopic (exact) mass is 407 g/mol. The molecule has 2 amide bonds. The summed E-state index contributed by atoms with van der Waals surface area (Å²) in [4.78, 5) is 20.4. The van der Waals surface area contributed by atoms with E-state index < -0.39 is 0 Å². The molecule has 1 saturated heterocycles. The third-order valence-corrected chi connectivity index (χ3v) is 4.98. The molecule has 2 aromatic heterocycles. The molecule has 3 aromatic rings. The Hall–Kier alpha value is -3.75. The van der Waals surface area contributed by atoms with Crippen molar-refractivity contribution in [1.82, 2.24) is 20.1 Å². The van der Waals surface area contributed by atoms with Crippen LogP contribution in [-0.4, -0.2) is 52.3 Å². The number of carbonyl (C=O) groups is 1. The van der Waals surface area contributed by atoms with Crippen LogP contribution in [-0.2, 0) is 0 Å². The summed E-state index contributed by atoms with van der Waals surface area (Å²) in [7, 11) is 0. The van der Waals surface area contributed by atoms with Crippen LogP contribution in [0.15, 0.2) is 54.9 Å². The number of aromatic nitrogens is 3. The maximum atomic E-state index is 13.7. The summed E-state index contributed by atoms with van der Waals surface area (Å²) in [6.45, 7) is 4.00. The maximum Gasteiger partial charge on any atom is 0.321 e. The summed E-state index contributed by atoms with van der Waals surface area (Å²) in [5, 5.41) is 14.4. The van der Waals surface area contributed by atoms with E-state index in [1.54, 1.807) is 36.4 Å². The largest absolute Gasteiger partial charge is 0.352 e. The highest BCUT2D eigenvalue weighted by molar-refractivity contribution is 5.90. The number of amides is 2. The molecular formula is C21H22FN7O. The predicted molar refractivity (Wildman–Crippen MR) is 113 cm³/mol. The highest BCUT2D eigenvalue weighted by Crippen LogP contribution is 2.20. The predicted octanol–water partition coefficient (Wildman–Crippen LogP) is 3.42. The number of pyridine rings is 1. The fraction of sp³-hybridized carbons (Fsp3) is 0.238. The van der Waals surface area contributed by atoms with Crippen molar-refractivity contribution in [2.45, 2.75) is 6.92 Å². The van der Waals surface area contributed by atoms with Crippen molar-refractivity contribution in [3.05, 3.63) is 66.2 Å². The molecule has 30 heavy (non-hydrogen) atoms. The second-order valence-electron chi connectivity index (χ2n) is 6.96. The molecule has 3 heterocycles. The van der Waals surface area contributed by atoms with E-state index in [0.29, 0.717) is 43.2 Å². The first-order chi connectivity index (χ1) is 14.6. The standard InChI is InChI=1S/C21H22FN7O/c1-15-17(22)5-2-6-18(15)25-21(30)29-12-10-28(11-13-29)20-8-7-19(26-27-20)24-16-4-3-9-23-14-16/h2-9,14H,10-13H2,1H3,(H,24,26)(H,25,30). The minimum Gasteiger partial charge on any atom is -0.352 e. The van der Waals surface area contributed by atoms with Crippen LogP contribution >= 0.6 is 0 Å². The van der Waals surface area contributed by atoms with Gasteiger partial charge in [-0.25, -0.2) is 9.18 Å². The van der Waals surface area contributed by atoms with Gasteiger partial charge in [0.05, 0.1) is 11.9 Å². The highest BCUT2D eigenvalue weighted by atomic mass is 19.1. The SMILES string of the molecule is Cc1c(F)cccc1NC(=O)N1CCN(c2ccc(Nc3cccnc3)nn2)CC1. The van der Waals surface area contributed by atoms with E-state index in [9.17, 15) is 9.18 Å². The summed E-state index contributed by atoms with van der Waals surface area (Å²) < 4.78 is 13.7. The first-order valence-corrected chi connectivity index (χ1v) is 9.67. The summed E-state index contributed by atoms with van der Waals surface area (Å²) in [6, 6.07) is 11.9. The number of hydrogen-bond acceptors (Lipinski definition) is 6. The first-order valence-electron chi connectivity index (χ1n) is 9.67. The van der Waals surface area contributed by atoms with Crippen molar-refractivity contribution in [1.29, 1.82) is 0 Å². The fourth-order valence-electron chi connectivity index (χ4n) is 3.22. The zero-order valence-corrected chi connectivity index (χ0v) is 16.5. The average molecular weight is 407 g/mol. The maximum absolute atomic E-state index is 13.7. The van der Waals surface area contributed by atoms with Crippen LogP contribution in [0.4, 0.5) is 32.2 Å². The second kappa shape index (κ2) is 8.73. The average Bonchev–Trinajstić information content (AvgIpc) is 2.78. The normalized spacial score (nSPS) is 13.8. The van der Waals surface area contributed by atoms with Crippen LogP contribution < -0.4 is 15.5 Å². The Morgan fingerprint density at radius 1 is 1.03 bits per heavy atom. The molecule has 1 aliphatic rings. The molecule has 154 valence electrons. The number of carbonyl (C=O) groups excluding carboxylic acids is 1. The number of hydrogen-bond donors (Lipinski definition) is 2. The molecule has 0 spiro atoms. The smallest absolute Gasteiger partial charge is 0.321 e. The van der Waals surface area contributed by atoms with Crippen molar-refractivity contribution >= 4 is 29.0 Å². The molecule has 2 N–H and O–H groups in total. The van der Waals surface area contributed by atoms with Gasteiger partial charge >= 0.3 is 6.03 Å². The van der Waals surface area contributed by atoms with Gasteiger partial charge in [0, 0.05) is 43.6 Å². The van der Waals surface area contributed by atoms with Crippen LogP contribution in [0.25, 0.3) is 0 Å². The molecule has 0 unspecified atom stereocenters. The zero-order valence-electron chi connectivity index (χ0n) is 16.5. The highest BCUT2D eigenvalue weighted by Gasteiger charge is 2.22. The lowest BCUT2D eigenvalue weighted by Crippen LogP contribution is -2.50. The summed E-state index contributed by atoms with van der Waals surface area (Å²) >= 11 is 0. The van der Waals surface area contributed by atoms with E-state index >= 15 is 0 Å². The molecule has 1 aliphatic heterocycles. The van der Waals surface area contributed by atoms with Crippen LogP contribution in [0.3, 0.4) is 0 Å². The summed E-state index contributed by atoms with van der Waals surface area (Å²) in [6.07, 6.45) is 3.42. The molecule has 0 radical (unpaired) electrons. The van der Waals surface area contributed by atoms with Crippen LogP contribution in [0.2, 0.25) is 0 Å². The van der Waals surface area contributed by atoms with Gasteiger partial charge in [-0.15, -0.1) is 10.2 Å². The molecule has 9 heteroatoms. The minimum atomic E-state index is -0.336. The van der Waals surface area contributed by atoms with Gasteiger partial charge in [-0.05, 0) is 43.3 Å². The molecule has 8 nitrogen and oxygen atoms in total. The molecule has 0 aliphatic carbocycles. The lowest BCUT2D eigenvalue weighted by molar-refractivity contribution is 0.208. The lowest BCUT2D eigenvalue weighted by atomic mass is 10.2. The Morgan fingerprint density at radius 3 is 2.57 bits per heavy atom.